The predicted molar refractivity (Wildman–Crippen MR) is 126 cm³/mol. The molecule has 0 aliphatic heterocycles. The first kappa shape index (κ1) is 24.0. The number of hydrogen-bond donors (Lipinski definition) is 0. The van der Waals surface area contributed by atoms with Crippen molar-refractivity contribution in [2.45, 2.75) is 63.2 Å². The van der Waals surface area contributed by atoms with E-state index >= 15 is 0 Å². The van der Waals surface area contributed by atoms with Gasteiger partial charge in [-0.1, -0.05) is 60.7 Å². The summed E-state index contributed by atoms with van der Waals surface area (Å²) in [6.07, 6.45) is 8.26. The molecule has 0 saturated heterocycles. The van der Waals surface area contributed by atoms with Crippen LogP contribution >= 0.6 is 0 Å². The lowest BCUT2D eigenvalue weighted by Gasteiger charge is -2.27. The van der Waals surface area contributed by atoms with Crippen molar-refractivity contribution in [1.29, 1.82) is 0 Å². The van der Waals surface area contributed by atoms with Gasteiger partial charge in [-0.05, 0) is 74.3 Å². The lowest BCUT2D eigenvalue weighted by Crippen LogP contribution is -2.22. The molecule has 4 rings (SSSR count). The van der Waals surface area contributed by atoms with Crippen LogP contribution in [0.4, 0.5) is 0 Å². The Morgan fingerprint density at radius 1 is 0.562 bits per heavy atom. The molecule has 2 aromatic carbocycles. The van der Waals surface area contributed by atoms with E-state index in [1.165, 1.54) is 25.3 Å². The van der Waals surface area contributed by atoms with Gasteiger partial charge in [0.2, 0.25) is 0 Å². The normalized spacial score (nSPS) is 25.1. The van der Waals surface area contributed by atoms with Crippen LogP contribution in [0.25, 0.3) is 0 Å². The van der Waals surface area contributed by atoms with Gasteiger partial charge in [-0.15, -0.1) is 0 Å². The molecule has 0 spiro atoms. The molecule has 0 aromatic heterocycles. The van der Waals surface area contributed by atoms with Gasteiger partial charge in [0.25, 0.3) is 0 Å². The van der Waals surface area contributed by atoms with Crippen LogP contribution in [0.1, 0.15) is 74.3 Å². The maximum Gasteiger partial charge on any atom is 0.308 e. The van der Waals surface area contributed by atoms with Crippen molar-refractivity contribution in [3.05, 3.63) is 71.8 Å². The van der Waals surface area contributed by atoms with E-state index in [2.05, 4.69) is 48.5 Å². The van der Waals surface area contributed by atoms with Gasteiger partial charge < -0.3 is 9.47 Å². The van der Waals surface area contributed by atoms with Crippen molar-refractivity contribution < 1.29 is 19.1 Å². The fourth-order valence-electron chi connectivity index (χ4n) is 5.11. The fraction of sp³-hybridized carbons (Fsp3) is 0.500. The number of rotatable bonds is 4. The monoisotopic (exact) mass is 436 g/mol. The first-order chi connectivity index (χ1) is 15.6. The third kappa shape index (κ3) is 6.69. The Hall–Kier alpha value is -2.62. The molecular weight excluding hydrogens is 400 g/mol. The maximum absolute atomic E-state index is 11.4. The maximum atomic E-state index is 11.4. The van der Waals surface area contributed by atoms with Gasteiger partial charge in [-0.2, -0.15) is 0 Å². The first-order valence-electron chi connectivity index (χ1n) is 11.9. The van der Waals surface area contributed by atoms with Crippen molar-refractivity contribution in [3.8, 4) is 0 Å². The zero-order chi connectivity index (χ0) is 22.8. The molecule has 172 valence electrons. The van der Waals surface area contributed by atoms with Gasteiger partial charge in [0, 0.05) is 0 Å². The lowest BCUT2D eigenvalue weighted by molar-refractivity contribution is -0.147. The second kappa shape index (κ2) is 12.4. The topological polar surface area (TPSA) is 52.6 Å². The van der Waals surface area contributed by atoms with Crippen molar-refractivity contribution >= 4 is 11.9 Å². The van der Waals surface area contributed by atoms with Crippen LogP contribution in [0, 0.1) is 11.8 Å². The van der Waals surface area contributed by atoms with E-state index in [0.717, 1.165) is 51.4 Å². The van der Waals surface area contributed by atoms with Gasteiger partial charge in [0.15, 0.2) is 0 Å². The van der Waals surface area contributed by atoms with Crippen molar-refractivity contribution in [2.75, 3.05) is 14.2 Å². The second-order valence-electron chi connectivity index (χ2n) is 8.96. The molecule has 0 atom stereocenters. The quantitative estimate of drug-likeness (QED) is 0.530. The smallest absolute Gasteiger partial charge is 0.308 e. The van der Waals surface area contributed by atoms with Gasteiger partial charge in [0.05, 0.1) is 26.1 Å². The molecule has 2 aromatic rings. The predicted octanol–water partition coefficient (Wildman–Crippen LogP) is 6.27. The Bertz CT molecular complexity index is 746. The Labute approximate surface area is 192 Å². The Morgan fingerprint density at radius 3 is 1.16 bits per heavy atom. The van der Waals surface area contributed by atoms with Gasteiger partial charge in [0.1, 0.15) is 0 Å². The number of benzene rings is 2. The van der Waals surface area contributed by atoms with Crippen LogP contribution in [0.5, 0.6) is 0 Å². The third-order valence-corrected chi connectivity index (χ3v) is 7.07. The zero-order valence-electron chi connectivity index (χ0n) is 19.4. The van der Waals surface area contributed by atoms with Crippen molar-refractivity contribution in [3.63, 3.8) is 0 Å². The molecule has 0 radical (unpaired) electrons. The van der Waals surface area contributed by atoms with Crippen LogP contribution < -0.4 is 0 Å². The summed E-state index contributed by atoms with van der Waals surface area (Å²) in [7, 11) is 2.96. The fourth-order valence-corrected chi connectivity index (χ4v) is 5.11. The van der Waals surface area contributed by atoms with Crippen LogP contribution in [-0.2, 0) is 19.1 Å². The van der Waals surface area contributed by atoms with Gasteiger partial charge >= 0.3 is 11.9 Å². The number of carbonyl (C=O) groups excluding carboxylic acids is 2. The lowest BCUT2D eigenvalue weighted by atomic mass is 9.79. The van der Waals surface area contributed by atoms with Crippen molar-refractivity contribution in [1.82, 2.24) is 0 Å². The van der Waals surface area contributed by atoms with E-state index < -0.39 is 0 Å². The summed E-state index contributed by atoms with van der Waals surface area (Å²) in [4.78, 5) is 22.8. The highest BCUT2D eigenvalue weighted by Gasteiger charge is 2.28. The van der Waals surface area contributed by atoms with E-state index in [-0.39, 0.29) is 23.8 Å². The summed E-state index contributed by atoms with van der Waals surface area (Å²) < 4.78 is 9.58. The summed E-state index contributed by atoms with van der Waals surface area (Å²) in [6.45, 7) is 0. The van der Waals surface area contributed by atoms with E-state index in [0.29, 0.717) is 11.8 Å². The average molecular weight is 437 g/mol. The highest BCUT2D eigenvalue weighted by molar-refractivity contribution is 5.72. The number of carbonyl (C=O) groups is 2. The standard InChI is InChI=1S/2C14H18O2/c2*1-16-14(15)13-9-7-12(8-10-13)11-5-3-2-4-6-11/h2*2-6,12-13H,7-10H2,1H3. The summed E-state index contributed by atoms with van der Waals surface area (Å²) in [5, 5.41) is 0. The molecule has 2 saturated carbocycles. The second-order valence-corrected chi connectivity index (χ2v) is 8.96. The number of hydrogen-bond acceptors (Lipinski definition) is 4. The zero-order valence-corrected chi connectivity index (χ0v) is 19.4. The summed E-state index contributed by atoms with van der Waals surface area (Å²) in [6, 6.07) is 21.2. The highest BCUT2D eigenvalue weighted by Crippen LogP contribution is 2.37. The van der Waals surface area contributed by atoms with E-state index in [4.69, 9.17) is 9.47 Å². The third-order valence-electron chi connectivity index (χ3n) is 7.07. The van der Waals surface area contributed by atoms with Crippen molar-refractivity contribution in [2.24, 2.45) is 11.8 Å². The Balaban J connectivity index is 0.000000181. The molecule has 2 fully saturated rings. The van der Waals surface area contributed by atoms with Crippen LogP contribution in [0.2, 0.25) is 0 Å². The number of esters is 2. The van der Waals surface area contributed by atoms with Crippen LogP contribution in [0.3, 0.4) is 0 Å². The highest BCUT2D eigenvalue weighted by atomic mass is 16.5. The molecule has 0 unspecified atom stereocenters. The van der Waals surface area contributed by atoms with E-state index in [9.17, 15) is 9.59 Å². The van der Waals surface area contributed by atoms with E-state index in [1.807, 2.05) is 12.1 Å². The Kier molecular flexibility index (Phi) is 9.33. The molecule has 0 heterocycles. The number of methoxy groups -OCH3 is 2. The molecule has 32 heavy (non-hydrogen) atoms. The van der Waals surface area contributed by atoms with Crippen LogP contribution in [-0.4, -0.2) is 26.2 Å². The Morgan fingerprint density at radius 2 is 0.875 bits per heavy atom. The van der Waals surface area contributed by atoms with E-state index in [1.54, 1.807) is 0 Å². The molecule has 2 aliphatic rings. The average Bonchev–Trinajstić information content (AvgIpc) is 2.89. The molecule has 4 nitrogen and oxygen atoms in total. The molecule has 2 aliphatic carbocycles. The SMILES string of the molecule is COC(=O)C1CCC(c2ccccc2)CC1.COC(=O)C1CCC(c2ccccc2)CC1. The van der Waals surface area contributed by atoms with Gasteiger partial charge in [-0.3, -0.25) is 9.59 Å². The number of ether oxygens (including phenoxy) is 2. The summed E-state index contributed by atoms with van der Waals surface area (Å²) >= 11 is 0. The largest absolute Gasteiger partial charge is 0.469 e. The first-order valence-corrected chi connectivity index (χ1v) is 11.9. The molecule has 4 heteroatoms. The molecule has 0 N–H and O–H groups in total. The molecular formula is C28H36O4. The van der Waals surface area contributed by atoms with Gasteiger partial charge in [-0.25, -0.2) is 0 Å². The minimum Gasteiger partial charge on any atom is -0.469 e. The molecule has 0 amide bonds. The minimum absolute atomic E-state index is 0.0356. The van der Waals surface area contributed by atoms with Crippen LogP contribution in [0.15, 0.2) is 60.7 Å². The summed E-state index contributed by atoms with van der Waals surface area (Å²) in [5.41, 5.74) is 2.82. The summed E-state index contributed by atoms with van der Waals surface area (Å²) in [5.74, 6) is 1.44. The molecule has 0 bridgehead atoms. The minimum atomic E-state index is -0.0356.